The van der Waals surface area contributed by atoms with Gasteiger partial charge in [-0.05, 0) is 75.0 Å². The average Bonchev–Trinajstić information content (AvgIpc) is 2.39. The molecule has 0 amide bonds. The van der Waals surface area contributed by atoms with Crippen LogP contribution >= 0.6 is 0 Å². The molecule has 2 fully saturated rings. The highest BCUT2D eigenvalue weighted by molar-refractivity contribution is 4.87. The van der Waals surface area contributed by atoms with Crippen LogP contribution in [0.1, 0.15) is 51.4 Å². The molecule has 0 unspecified atom stereocenters. The topological polar surface area (TPSA) is 20.2 Å². The summed E-state index contributed by atoms with van der Waals surface area (Å²) in [6.07, 6.45) is 13.0. The van der Waals surface area contributed by atoms with Crippen LogP contribution < -0.4 is 0 Å². The lowest BCUT2D eigenvalue weighted by Crippen LogP contribution is -2.26. The van der Waals surface area contributed by atoms with Crippen LogP contribution in [0.3, 0.4) is 0 Å². The van der Waals surface area contributed by atoms with Crippen LogP contribution in [-0.4, -0.2) is 11.7 Å². The maximum atomic E-state index is 9.14. The second-order valence-electron chi connectivity index (χ2n) is 5.87. The molecule has 0 atom stereocenters. The van der Waals surface area contributed by atoms with Crippen molar-refractivity contribution in [3.63, 3.8) is 0 Å². The molecule has 1 nitrogen and oxygen atoms in total. The zero-order valence-electron chi connectivity index (χ0n) is 10.4. The summed E-state index contributed by atoms with van der Waals surface area (Å²) in [5.74, 6) is 3.36. The van der Waals surface area contributed by atoms with Crippen LogP contribution in [0.2, 0.25) is 0 Å². The summed E-state index contributed by atoms with van der Waals surface area (Å²) < 4.78 is 0. The molecule has 2 rings (SSSR count). The largest absolute Gasteiger partial charge is 0.396 e. The number of aliphatic hydroxyl groups is 1. The highest BCUT2D eigenvalue weighted by Crippen LogP contribution is 2.41. The molecule has 0 aromatic rings. The smallest absolute Gasteiger partial charge is 0.0459 e. The van der Waals surface area contributed by atoms with Gasteiger partial charge in [0.25, 0.3) is 0 Å². The molecule has 0 radical (unpaired) electrons. The molecule has 0 bridgehead atoms. The number of aliphatic hydroxyl groups excluding tert-OH is 1. The van der Waals surface area contributed by atoms with E-state index in [1.165, 1.54) is 51.4 Å². The van der Waals surface area contributed by atoms with E-state index in [0.29, 0.717) is 12.5 Å². The molecule has 0 aromatic heterocycles. The molecule has 2 saturated carbocycles. The Morgan fingerprint density at radius 2 is 1.38 bits per heavy atom. The molecule has 0 spiro atoms. The Bertz CT molecular complexity index is 207. The molecule has 0 heterocycles. The molecule has 1 N–H and O–H groups in total. The van der Waals surface area contributed by atoms with Gasteiger partial charge in [0.15, 0.2) is 0 Å². The number of rotatable bonds is 3. The summed E-state index contributed by atoms with van der Waals surface area (Å²) in [6.45, 7) is 4.33. The van der Waals surface area contributed by atoms with Crippen molar-refractivity contribution in [3.05, 3.63) is 12.7 Å². The van der Waals surface area contributed by atoms with E-state index in [1.54, 1.807) is 0 Å². The quantitative estimate of drug-likeness (QED) is 0.721. The third-order valence-corrected chi connectivity index (χ3v) is 4.97. The van der Waals surface area contributed by atoms with Gasteiger partial charge in [0, 0.05) is 6.61 Å². The third-order valence-electron chi connectivity index (χ3n) is 4.97. The Morgan fingerprint density at radius 3 is 1.81 bits per heavy atom. The van der Waals surface area contributed by atoms with Crippen molar-refractivity contribution >= 4 is 0 Å². The van der Waals surface area contributed by atoms with Gasteiger partial charge in [-0.15, -0.1) is 6.58 Å². The maximum Gasteiger partial charge on any atom is 0.0459 e. The lowest BCUT2D eigenvalue weighted by atomic mass is 9.69. The summed E-state index contributed by atoms with van der Waals surface area (Å²) in [5, 5.41) is 9.14. The normalized spacial score (nSPS) is 40.6. The van der Waals surface area contributed by atoms with Crippen LogP contribution in [0.5, 0.6) is 0 Å². The Labute approximate surface area is 99.9 Å². The van der Waals surface area contributed by atoms with Gasteiger partial charge in [0.1, 0.15) is 0 Å². The first-order valence-electron chi connectivity index (χ1n) is 7.07. The van der Waals surface area contributed by atoms with E-state index in [-0.39, 0.29) is 0 Å². The van der Waals surface area contributed by atoms with E-state index in [1.807, 2.05) is 0 Å². The first-order valence-corrected chi connectivity index (χ1v) is 7.07. The number of hydrogen-bond acceptors (Lipinski definition) is 1. The maximum absolute atomic E-state index is 9.14. The molecule has 2 aliphatic rings. The van der Waals surface area contributed by atoms with Gasteiger partial charge in [-0.1, -0.05) is 6.08 Å². The van der Waals surface area contributed by atoms with Crippen LogP contribution in [-0.2, 0) is 0 Å². The second kappa shape index (κ2) is 5.86. The zero-order chi connectivity index (χ0) is 11.4. The average molecular weight is 222 g/mol. The van der Waals surface area contributed by atoms with Crippen molar-refractivity contribution in [2.45, 2.75) is 51.4 Å². The van der Waals surface area contributed by atoms with Crippen molar-refractivity contribution in [3.8, 4) is 0 Å². The van der Waals surface area contributed by atoms with E-state index >= 15 is 0 Å². The van der Waals surface area contributed by atoms with Gasteiger partial charge < -0.3 is 5.11 Å². The summed E-state index contributed by atoms with van der Waals surface area (Å²) in [7, 11) is 0. The van der Waals surface area contributed by atoms with Crippen LogP contribution in [0.25, 0.3) is 0 Å². The Hall–Kier alpha value is -0.300. The Morgan fingerprint density at radius 1 is 0.875 bits per heavy atom. The fourth-order valence-corrected chi connectivity index (χ4v) is 3.69. The fraction of sp³-hybridized carbons (Fsp3) is 0.867. The van der Waals surface area contributed by atoms with Gasteiger partial charge in [0.05, 0.1) is 0 Å². The number of allylic oxidation sites excluding steroid dienone is 1. The summed E-state index contributed by atoms with van der Waals surface area (Å²) in [4.78, 5) is 0. The molecule has 0 aromatic carbocycles. The predicted molar refractivity (Wildman–Crippen MR) is 68.2 cm³/mol. The van der Waals surface area contributed by atoms with Crippen molar-refractivity contribution in [1.29, 1.82) is 0 Å². The Kier molecular flexibility index (Phi) is 4.45. The van der Waals surface area contributed by atoms with Gasteiger partial charge in [-0.2, -0.15) is 0 Å². The van der Waals surface area contributed by atoms with Crippen LogP contribution in [0, 0.1) is 23.7 Å². The van der Waals surface area contributed by atoms with E-state index in [0.717, 1.165) is 17.8 Å². The second-order valence-corrected chi connectivity index (χ2v) is 5.87. The van der Waals surface area contributed by atoms with E-state index in [9.17, 15) is 0 Å². The minimum Gasteiger partial charge on any atom is -0.396 e. The fourth-order valence-electron chi connectivity index (χ4n) is 3.69. The van der Waals surface area contributed by atoms with Crippen molar-refractivity contribution in [1.82, 2.24) is 0 Å². The molecular weight excluding hydrogens is 196 g/mol. The monoisotopic (exact) mass is 222 g/mol. The predicted octanol–water partition coefficient (Wildman–Crippen LogP) is 3.78. The minimum atomic E-state index is 0.413. The lowest BCUT2D eigenvalue weighted by molar-refractivity contribution is 0.122. The highest BCUT2D eigenvalue weighted by atomic mass is 16.3. The molecule has 0 aliphatic heterocycles. The van der Waals surface area contributed by atoms with Crippen molar-refractivity contribution in [2.24, 2.45) is 23.7 Å². The zero-order valence-corrected chi connectivity index (χ0v) is 10.4. The van der Waals surface area contributed by atoms with Crippen molar-refractivity contribution < 1.29 is 5.11 Å². The minimum absolute atomic E-state index is 0.413. The standard InChI is InChI=1S/C15H26O/c1-2-12-3-7-14(8-4-12)15-9-5-13(11-16)6-10-15/h2,12-16H,1,3-11H2/t12-,13?,14-,15?. The molecular formula is C15H26O. The van der Waals surface area contributed by atoms with E-state index in [2.05, 4.69) is 12.7 Å². The van der Waals surface area contributed by atoms with E-state index < -0.39 is 0 Å². The molecule has 2 aliphatic carbocycles. The molecule has 1 heteroatoms. The summed E-state index contributed by atoms with van der Waals surface area (Å²) >= 11 is 0. The summed E-state index contributed by atoms with van der Waals surface area (Å²) in [5.41, 5.74) is 0. The highest BCUT2D eigenvalue weighted by Gasteiger charge is 2.29. The van der Waals surface area contributed by atoms with Crippen LogP contribution in [0.4, 0.5) is 0 Å². The van der Waals surface area contributed by atoms with Crippen molar-refractivity contribution in [2.75, 3.05) is 6.61 Å². The number of hydrogen-bond donors (Lipinski definition) is 1. The van der Waals surface area contributed by atoms with Gasteiger partial charge >= 0.3 is 0 Å². The molecule has 16 heavy (non-hydrogen) atoms. The lowest BCUT2D eigenvalue weighted by Gasteiger charge is -2.37. The summed E-state index contributed by atoms with van der Waals surface area (Å²) in [6, 6.07) is 0. The Balaban J connectivity index is 1.75. The van der Waals surface area contributed by atoms with Gasteiger partial charge in [-0.25, -0.2) is 0 Å². The first kappa shape index (κ1) is 12.2. The van der Waals surface area contributed by atoms with Gasteiger partial charge in [-0.3, -0.25) is 0 Å². The molecule has 92 valence electrons. The van der Waals surface area contributed by atoms with Crippen LogP contribution in [0.15, 0.2) is 12.7 Å². The SMILES string of the molecule is C=C[C@H]1CC[C@H](C2CCC(CO)CC2)CC1. The molecule has 0 saturated heterocycles. The van der Waals surface area contributed by atoms with E-state index in [4.69, 9.17) is 5.11 Å². The first-order chi connectivity index (χ1) is 7.83. The van der Waals surface area contributed by atoms with Gasteiger partial charge in [0.2, 0.25) is 0 Å². The third kappa shape index (κ3) is 2.88.